The highest BCUT2D eigenvalue weighted by atomic mass is 16.5. The number of pyridine rings is 1. The molecule has 0 radical (unpaired) electrons. The van der Waals surface area contributed by atoms with Crippen molar-refractivity contribution in [3.05, 3.63) is 29.6 Å². The van der Waals surface area contributed by atoms with Gasteiger partial charge in [0.25, 0.3) is 0 Å². The van der Waals surface area contributed by atoms with Crippen LogP contribution >= 0.6 is 0 Å². The van der Waals surface area contributed by atoms with Crippen molar-refractivity contribution in [1.29, 1.82) is 0 Å². The topological polar surface area (TPSA) is 74.7 Å². The van der Waals surface area contributed by atoms with Gasteiger partial charge in [0.05, 0.1) is 18.9 Å². The highest BCUT2D eigenvalue weighted by molar-refractivity contribution is 5.85. The van der Waals surface area contributed by atoms with E-state index in [1.54, 1.807) is 12.1 Å². The summed E-state index contributed by atoms with van der Waals surface area (Å²) in [6, 6.07) is 4.98. The molecule has 0 aromatic carbocycles. The second-order valence-corrected chi connectivity index (χ2v) is 4.41. The summed E-state index contributed by atoms with van der Waals surface area (Å²) in [6.45, 7) is 3.50. The second kappa shape index (κ2) is 8.58. The summed E-state index contributed by atoms with van der Waals surface area (Å²) in [5.41, 5.74) is 0.787. The van der Waals surface area contributed by atoms with Crippen LogP contribution in [0.4, 0.5) is 0 Å². The molecule has 0 atom stereocenters. The zero-order valence-electron chi connectivity index (χ0n) is 11.4. The van der Waals surface area contributed by atoms with Gasteiger partial charge >= 0.3 is 5.97 Å². The number of rotatable bonds is 9. The van der Waals surface area contributed by atoms with Gasteiger partial charge in [-0.15, -0.1) is 0 Å². The minimum Gasteiger partial charge on any atom is -0.477 e. The minimum atomic E-state index is -1.01. The molecule has 19 heavy (non-hydrogen) atoms. The van der Waals surface area contributed by atoms with E-state index in [1.807, 2.05) is 14.1 Å². The zero-order chi connectivity index (χ0) is 14.1. The largest absolute Gasteiger partial charge is 0.477 e. The molecule has 1 rings (SSSR count). The number of hydrogen-bond acceptors (Lipinski definition) is 5. The van der Waals surface area contributed by atoms with Crippen molar-refractivity contribution in [1.82, 2.24) is 15.2 Å². The summed E-state index contributed by atoms with van der Waals surface area (Å²) in [5.74, 6) is -1.01. The van der Waals surface area contributed by atoms with E-state index >= 15 is 0 Å². The number of hydrogen-bond donors (Lipinski definition) is 2. The number of carbonyl (C=O) groups is 1. The van der Waals surface area contributed by atoms with Crippen LogP contribution in [0.1, 0.15) is 16.2 Å². The molecule has 2 N–H and O–H groups in total. The second-order valence-electron chi connectivity index (χ2n) is 4.41. The standard InChI is InChI=1S/C13H21N3O3/c1-16(2)7-9-19-8-6-14-10-11-4-3-5-12(15-11)13(17)18/h3-5,14H,6-10H2,1-2H3,(H,17,18). The molecule has 1 heterocycles. The molecule has 0 spiro atoms. The number of nitrogens with zero attached hydrogens (tertiary/aromatic N) is 2. The predicted octanol–water partition coefficient (Wildman–Crippen LogP) is 0.448. The first-order valence-electron chi connectivity index (χ1n) is 6.22. The monoisotopic (exact) mass is 267 g/mol. The van der Waals surface area contributed by atoms with Crippen LogP contribution in [0.3, 0.4) is 0 Å². The van der Waals surface area contributed by atoms with Crippen molar-refractivity contribution in [3.8, 4) is 0 Å². The maximum Gasteiger partial charge on any atom is 0.354 e. The molecule has 1 aromatic rings. The lowest BCUT2D eigenvalue weighted by atomic mass is 10.3. The molecule has 0 aliphatic carbocycles. The number of likely N-dealkylation sites (N-methyl/N-ethyl adjacent to an activating group) is 1. The summed E-state index contributed by atoms with van der Waals surface area (Å²) in [4.78, 5) is 16.8. The average Bonchev–Trinajstić information content (AvgIpc) is 2.37. The molecule has 6 nitrogen and oxygen atoms in total. The molecule has 1 aromatic heterocycles. The molecule has 0 saturated heterocycles. The Hall–Kier alpha value is -1.50. The van der Waals surface area contributed by atoms with Crippen LogP contribution in [-0.2, 0) is 11.3 Å². The Morgan fingerprint density at radius 2 is 2.21 bits per heavy atom. The van der Waals surface area contributed by atoms with Gasteiger partial charge in [-0.05, 0) is 26.2 Å². The minimum absolute atomic E-state index is 0.0709. The Balaban J connectivity index is 2.15. The van der Waals surface area contributed by atoms with Crippen LogP contribution in [0.25, 0.3) is 0 Å². The summed E-state index contributed by atoms with van der Waals surface area (Å²) >= 11 is 0. The molecule has 0 bridgehead atoms. The van der Waals surface area contributed by atoms with Crippen molar-refractivity contribution in [2.24, 2.45) is 0 Å². The molecular weight excluding hydrogens is 246 g/mol. The fourth-order valence-corrected chi connectivity index (χ4v) is 1.41. The van der Waals surface area contributed by atoms with Gasteiger partial charge in [0.1, 0.15) is 5.69 Å². The highest BCUT2D eigenvalue weighted by Gasteiger charge is 2.04. The highest BCUT2D eigenvalue weighted by Crippen LogP contribution is 1.99. The van der Waals surface area contributed by atoms with Crippen molar-refractivity contribution in [2.45, 2.75) is 6.54 Å². The van der Waals surface area contributed by atoms with Crippen LogP contribution in [0, 0.1) is 0 Å². The smallest absolute Gasteiger partial charge is 0.354 e. The fraction of sp³-hybridized carbons (Fsp3) is 0.538. The lowest BCUT2D eigenvalue weighted by molar-refractivity contribution is 0.0690. The van der Waals surface area contributed by atoms with Crippen LogP contribution in [0.15, 0.2) is 18.2 Å². The predicted molar refractivity (Wildman–Crippen MR) is 72.3 cm³/mol. The van der Waals surface area contributed by atoms with Crippen LogP contribution in [0.5, 0.6) is 0 Å². The van der Waals surface area contributed by atoms with E-state index in [9.17, 15) is 4.79 Å². The van der Waals surface area contributed by atoms with E-state index in [1.165, 1.54) is 6.07 Å². The van der Waals surface area contributed by atoms with E-state index < -0.39 is 5.97 Å². The van der Waals surface area contributed by atoms with Gasteiger partial charge in [0.15, 0.2) is 0 Å². The quantitative estimate of drug-likeness (QED) is 0.633. The summed E-state index contributed by atoms with van der Waals surface area (Å²) in [7, 11) is 4.01. The molecule has 106 valence electrons. The number of aromatic nitrogens is 1. The third kappa shape index (κ3) is 6.85. The Morgan fingerprint density at radius 1 is 1.42 bits per heavy atom. The third-order valence-corrected chi connectivity index (χ3v) is 2.44. The van der Waals surface area contributed by atoms with Crippen LogP contribution in [-0.4, -0.2) is 61.4 Å². The molecule has 0 aliphatic rings. The SMILES string of the molecule is CN(C)CCOCCNCc1cccc(C(=O)O)n1. The molecule has 0 unspecified atom stereocenters. The van der Waals surface area contributed by atoms with Gasteiger partial charge in [-0.25, -0.2) is 9.78 Å². The lowest BCUT2D eigenvalue weighted by Gasteiger charge is -2.10. The Labute approximate surface area is 113 Å². The number of nitrogens with one attached hydrogen (secondary N) is 1. The number of aromatic carboxylic acids is 1. The van der Waals surface area contributed by atoms with Crippen molar-refractivity contribution >= 4 is 5.97 Å². The van der Waals surface area contributed by atoms with Crippen LogP contribution < -0.4 is 5.32 Å². The van der Waals surface area contributed by atoms with Gasteiger partial charge in [0, 0.05) is 19.6 Å². The summed E-state index contributed by atoms with van der Waals surface area (Å²) in [6.07, 6.45) is 0. The first kappa shape index (κ1) is 15.6. The van der Waals surface area contributed by atoms with Gasteiger partial charge in [-0.3, -0.25) is 0 Å². The zero-order valence-corrected chi connectivity index (χ0v) is 11.4. The molecule has 6 heteroatoms. The Bertz CT molecular complexity index is 396. The Kier molecular flexibility index (Phi) is 7.02. The summed E-state index contributed by atoms with van der Waals surface area (Å²) in [5, 5.41) is 12.0. The number of carboxylic acids is 1. The Morgan fingerprint density at radius 3 is 2.89 bits per heavy atom. The molecule has 0 aliphatic heterocycles. The van der Waals surface area contributed by atoms with Gasteiger partial charge < -0.3 is 20.1 Å². The van der Waals surface area contributed by atoms with E-state index in [-0.39, 0.29) is 5.69 Å². The number of carboxylic acid groups (broad SMARTS) is 1. The average molecular weight is 267 g/mol. The van der Waals surface area contributed by atoms with Crippen molar-refractivity contribution in [2.75, 3.05) is 40.4 Å². The lowest BCUT2D eigenvalue weighted by Crippen LogP contribution is -2.23. The molecule has 0 amide bonds. The van der Waals surface area contributed by atoms with Crippen LogP contribution in [0.2, 0.25) is 0 Å². The first-order valence-corrected chi connectivity index (χ1v) is 6.22. The maximum absolute atomic E-state index is 10.7. The maximum atomic E-state index is 10.7. The molecule has 0 saturated carbocycles. The van der Waals surface area contributed by atoms with Crippen molar-refractivity contribution < 1.29 is 14.6 Å². The van der Waals surface area contributed by atoms with Gasteiger partial charge in [-0.2, -0.15) is 0 Å². The fourth-order valence-electron chi connectivity index (χ4n) is 1.41. The van der Waals surface area contributed by atoms with E-state index in [0.29, 0.717) is 32.0 Å². The number of ether oxygens (including phenoxy) is 1. The first-order chi connectivity index (χ1) is 9.09. The van der Waals surface area contributed by atoms with E-state index in [0.717, 1.165) is 6.54 Å². The van der Waals surface area contributed by atoms with E-state index in [2.05, 4.69) is 15.2 Å². The molecule has 0 fully saturated rings. The van der Waals surface area contributed by atoms with Gasteiger partial charge in [0.2, 0.25) is 0 Å². The van der Waals surface area contributed by atoms with Crippen molar-refractivity contribution in [3.63, 3.8) is 0 Å². The van der Waals surface area contributed by atoms with Gasteiger partial charge in [-0.1, -0.05) is 6.07 Å². The third-order valence-electron chi connectivity index (χ3n) is 2.44. The summed E-state index contributed by atoms with van der Waals surface area (Å²) < 4.78 is 5.43. The normalized spacial score (nSPS) is 10.9. The van der Waals surface area contributed by atoms with E-state index in [4.69, 9.17) is 9.84 Å². The molecular formula is C13H21N3O3.